The number of benzene rings is 1. The second-order valence-corrected chi connectivity index (χ2v) is 6.39. The molecule has 1 aliphatic heterocycles. The predicted octanol–water partition coefficient (Wildman–Crippen LogP) is 1.24. The van der Waals surface area contributed by atoms with Gasteiger partial charge in [0.1, 0.15) is 18.5 Å². The average molecular weight is 356 g/mol. The molecular formula is C19H24N4O3. The van der Waals surface area contributed by atoms with E-state index in [1.54, 1.807) is 36.7 Å². The first-order valence-electron chi connectivity index (χ1n) is 8.78. The summed E-state index contributed by atoms with van der Waals surface area (Å²) >= 11 is 0. The third kappa shape index (κ3) is 5.00. The van der Waals surface area contributed by atoms with Crippen molar-refractivity contribution in [2.75, 3.05) is 44.2 Å². The van der Waals surface area contributed by atoms with E-state index < -0.39 is 6.10 Å². The first-order chi connectivity index (χ1) is 12.6. The fraction of sp³-hybridized carbons (Fsp3) is 0.421. The summed E-state index contributed by atoms with van der Waals surface area (Å²) in [5, 5.41) is 10.3. The molecule has 0 aliphatic carbocycles. The summed E-state index contributed by atoms with van der Waals surface area (Å²) in [6, 6.07) is 8.83. The largest absolute Gasteiger partial charge is 0.491 e. The number of aromatic nitrogens is 2. The van der Waals surface area contributed by atoms with Crippen molar-refractivity contribution < 1.29 is 14.6 Å². The van der Waals surface area contributed by atoms with Crippen LogP contribution in [0.5, 0.6) is 5.75 Å². The fourth-order valence-corrected chi connectivity index (χ4v) is 2.93. The van der Waals surface area contributed by atoms with Gasteiger partial charge < -0.3 is 14.7 Å². The summed E-state index contributed by atoms with van der Waals surface area (Å²) in [7, 11) is 0. The number of anilines is 1. The zero-order valence-electron chi connectivity index (χ0n) is 14.9. The minimum Gasteiger partial charge on any atom is -0.491 e. The number of hydrogen-bond donors (Lipinski definition) is 1. The van der Waals surface area contributed by atoms with E-state index in [9.17, 15) is 9.90 Å². The summed E-state index contributed by atoms with van der Waals surface area (Å²) in [5.74, 6) is 1.35. The molecule has 1 aromatic heterocycles. The third-order valence-electron chi connectivity index (χ3n) is 4.36. The number of aliphatic hydroxyl groups excluding tert-OH is 1. The molecule has 1 aromatic carbocycles. The summed E-state index contributed by atoms with van der Waals surface area (Å²) < 4.78 is 5.63. The van der Waals surface area contributed by atoms with Crippen LogP contribution in [0.3, 0.4) is 0 Å². The Hall–Kier alpha value is -2.51. The van der Waals surface area contributed by atoms with E-state index >= 15 is 0 Å². The molecule has 0 amide bonds. The highest BCUT2D eigenvalue weighted by Crippen LogP contribution is 2.14. The van der Waals surface area contributed by atoms with Crippen LogP contribution in [0.2, 0.25) is 0 Å². The van der Waals surface area contributed by atoms with Crippen LogP contribution in [0.25, 0.3) is 0 Å². The van der Waals surface area contributed by atoms with Crippen molar-refractivity contribution in [3.63, 3.8) is 0 Å². The Morgan fingerprint density at radius 1 is 1.19 bits per heavy atom. The van der Waals surface area contributed by atoms with E-state index in [1.807, 2.05) is 6.07 Å². The summed E-state index contributed by atoms with van der Waals surface area (Å²) in [6.45, 7) is 5.62. The number of Topliss-reactive ketones (excluding diaryl/α,β-unsaturated/α-hetero) is 1. The molecule has 0 unspecified atom stereocenters. The Labute approximate surface area is 153 Å². The molecule has 138 valence electrons. The van der Waals surface area contributed by atoms with E-state index in [-0.39, 0.29) is 12.4 Å². The van der Waals surface area contributed by atoms with E-state index in [1.165, 1.54) is 6.92 Å². The number of ether oxygens (including phenoxy) is 1. The predicted molar refractivity (Wildman–Crippen MR) is 98.6 cm³/mol. The Kier molecular flexibility index (Phi) is 6.14. The Morgan fingerprint density at radius 2 is 1.92 bits per heavy atom. The SMILES string of the molecule is CC(=O)c1cccc(OC[C@H](O)CN2CCN(c3ncccn3)CC2)c1. The van der Waals surface area contributed by atoms with Gasteiger partial charge in [-0.15, -0.1) is 0 Å². The quantitative estimate of drug-likeness (QED) is 0.748. The van der Waals surface area contributed by atoms with Gasteiger partial charge in [0, 0.05) is 50.7 Å². The number of hydrogen-bond acceptors (Lipinski definition) is 7. The van der Waals surface area contributed by atoms with Crippen LogP contribution < -0.4 is 9.64 Å². The first kappa shape index (κ1) is 18.3. The van der Waals surface area contributed by atoms with Gasteiger partial charge in [-0.05, 0) is 25.1 Å². The Morgan fingerprint density at radius 3 is 2.62 bits per heavy atom. The highest BCUT2D eigenvalue weighted by Gasteiger charge is 2.20. The monoisotopic (exact) mass is 356 g/mol. The number of ketones is 1. The number of β-amino-alcohol motifs (C(OH)–C–C–N with tert-alkyl or cyclic N) is 1. The molecule has 7 heteroatoms. The molecule has 3 rings (SSSR count). The molecule has 0 bridgehead atoms. The number of rotatable bonds is 7. The first-order valence-corrected chi connectivity index (χ1v) is 8.78. The molecule has 1 fully saturated rings. The van der Waals surface area contributed by atoms with Gasteiger partial charge in [0.25, 0.3) is 0 Å². The van der Waals surface area contributed by atoms with Crippen LogP contribution in [0, 0.1) is 0 Å². The maximum Gasteiger partial charge on any atom is 0.225 e. The van der Waals surface area contributed by atoms with Crippen molar-refractivity contribution in [2.24, 2.45) is 0 Å². The lowest BCUT2D eigenvalue weighted by atomic mass is 10.1. The Balaban J connectivity index is 1.42. The van der Waals surface area contributed by atoms with Crippen LogP contribution in [-0.2, 0) is 0 Å². The number of aliphatic hydroxyl groups is 1. The van der Waals surface area contributed by atoms with Gasteiger partial charge in [0.2, 0.25) is 5.95 Å². The highest BCUT2D eigenvalue weighted by molar-refractivity contribution is 5.94. The second kappa shape index (κ2) is 8.73. The number of nitrogens with zero attached hydrogens (tertiary/aromatic N) is 4. The Bertz CT molecular complexity index is 718. The standard InChI is InChI=1S/C19H24N4O3/c1-15(24)16-4-2-5-18(12-16)26-14-17(25)13-22-8-10-23(11-9-22)19-20-6-3-7-21-19/h2-7,12,17,25H,8-11,13-14H2,1H3/t17-/m1/s1. The van der Waals surface area contributed by atoms with Gasteiger partial charge in [-0.2, -0.15) is 0 Å². The van der Waals surface area contributed by atoms with Gasteiger partial charge in [-0.25, -0.2) is 9.97 Å². The van der Waals surface area contributed by atoms with Gasteiger partial charge in [-0.3, -0.25) is 9.69 Å². The molecule has 1 aliphatic rings. The zero-order valence-corrected chi connectivity index (χ0v) is 14.9. The van der Waals surface area contributed by atoms with Crippen molar-refractivity contribution in [3.05, 3.63) is 48.3 Å². The molecule has 0 saturated carbocycles. The molecule has 1 N–H and O–H groups in total. The normalized spacial score (nSPS) is 16.3. The van der Waals surface area contributed by atoms with Crippen molar-refractivity contribution in [2.45, 2.75) is 13.0 Å². The maximum atomic E-state index is 11.4. The van der Waals surface area contributed by atoms with Gasteiger partial charge >= 0.3 is 0 Å². The molecule has 2 heterocycles. The number of piperazine rings is 1. The van der Waals surface area contributed by atoms with Crippen molar-refractivity contribution in [1.82, 2.24) is 14.9 Å². The van der Waals surface area contributed by atoms with Crippen molar-refractivity contribution in [1.29, 1.82) is 0 Å². The smallest absolute Gasteiger partial charge is 0.225 e. The van der Waals surface area contributed by atoms with Crippen molar-refractivity contribution in [3.8, 4) is 5.75 Å². The summed E-state index contributed by atoms with van der Waals surface area (Å²) in [5.41, 5.74) is 0.608. The molecule has 26 heavy (non-hydrogen) atoms. The summed E-state index contributed by atoms with van der Waals surface area (Å²) in [6.07, 6.45) is 2.91. The van der Waals surface area contributed by atoms with Crippen LogP contribution in [0.1, 0.15) is 17.3 Å². The zero-order chi connectivity index (χ0) is 18.4. The van der Waals surface area contributed by atoms with E-state index in [4.69, 9.17) is 4.74 Å². The number of carbonyl (C=O) groups is 1. The van der Waals surface area contributed by atoms with E-state index in [0.717, 1.165) is 32.1 Å². The molecule has 1 atom stereocenters. The van der Waals surface area contributed by atoms with Gasteiger partial charge in [0.15, 0.2) is 5.78 Å². The van der Waals surface area contributed by atoms with Crippen LogP contribution in [0.4, 0.5) is 5.95 Å². The van der Waals surface area contributed by atoms with Crippen LogP contribution in [-0.4, -0.2) is 71.2 Å². The highest BCUT2D eigenvalue weighted by atomic mass is 16.5. The summed E-state index contributed by atoms with van der Waals surface area (Å²) in [4.78, 5) is 24.3. The van der Waals surface area contributed by atoms with Crippen LogP contribution >= 0.6 is 0 Å². The lowest BCUT2D eigenvalue weighted by Crippen LogP contribution is -2.49. The fourth-order valence-electron chi connectivity index (χ4n) is 2.93. The molecule has 0 radical (unpaired) electrons. The van der Waals surface area contributed by atoms with Gasteiger partial charge in [-0.1, -0.05) is 12.1 Å². The second-order valence-electron chi connectivity index (χ2n) is 6.39. The van der Waals surface area contributed by atoms with Crippen LogP contribution in [0.15, 0.2) is 42.7 Å². The molecular weight excluding hydrogens is 332 g/mol. The molecule has 2 aromatic rings. The topological polar surface area (TPSA) is 78.8 Å². The lowest BCUT2D eigenvalue weighted by Gasteiger charge is -2.35. The van der Waals surface area contributed by atoms with Gasteiger partial charge in [0.05, 0.1) is 0 Å². The molecule has 0 spiro atoms. The minimum absolute atomic E-state index is 0.00346. The average Bonchev–Trinajstić information content (AvgIpc) is 2.68. The third-order valence-corrected chi connectivity index (χ3v) is 4.36. The van der Waals surface area contributed by atoms with E-state index in [0.29, 0.717) is 17.9 Å². The number of carbonyl (C=O) groups excluding carboxylic acids is 1. The van der Waals surface area contributed by atoms with Crippen molar-refractivity contribution >= 4 is 11.7 Å². The van der Waals surface area contributed by atoms with E-state index in [2.05, 4.69) is 19.8 Å². The minimum atomic E-state index is -0.587. The lowest BCUT2D eigenvalue weighted by molar-refractivity contribution is 0.0662. The maximum absolute atomic E-state index is 11.4. The molecule has 1 saturated heterocycles. The molecule has 7 nitrogen and oxygen atoms in total.